The van der Waals surface area contributed by atoms with Crippen LogP contribution in [0.25, 0.3) is 4.96 Å². The number of methoxy groups -OCH3 is 2. The van der Waals surface area contributed by atoms with Crippen molar-refractivity contribution in [1.82, 2.24) is 9.38 Å². The van der Waals surface area contributed by atoms with Crippen LogP contribution in [0.3, 0.4) is 0 Å². The Morgan fingerprint density at radius 3 is 2.38 bits per heavy atom. The predicted octanol–water partition coefficient (Wildman–Crippen LogP) is 2.90. The largest absolute Gasteiger partial charge is 0.465 e. The lowest BCUT2D eigenvalue weighted by atomic mass is 10.1. The second-order valence-corrected chi connectivity index (χ2v) is 7.59. The van der Waals surface area contributed by atoms with E-state index in [0.29, 0.717) is 10.5 Å². The molecule has 10 heteroatoms. The van der Waals surface area contributed by atoms with Crippen molar-refractivity contribution < 1.29 is 23.9 Å². The summed E-state index contributed by atoms with van der Waals surface area (Å²) >= 11 is 2.42. The zero-order valence-electron chi connectivity index (χ0n) is 14.4. The number of nitrogens with zero attached hydrogens (tertiary/aromatic N) is 2. The number of aromatic nitrogens is 2. The van der Waals surface area contributed by atoms with Gasteiger partial charge in [0.25, 0.3) is 5.91 Å². The number of hydrogen-bond acceptors (Lipinski definition) is 8. The number of carbonyl (C=O) groups is 3. The Labute approximate surface area is 156 Å². The van der Waals surface area contributed by atoms with Crippen LogP contribution in [0.1, 0.15) is 41.0 Å². The van der Waals surface area contributed by atoms with E-state index in [9.17, 15) is 14.4 Å². The number of ether oxygens (including phenoxy) is 2. The molecule has 0 aliphatic heterocycles. The molecule has 3 aromatic rings. The number of anilines is 1. The van der Waals surface area contributed by atoms with E-state index in [1.165, 1.54) is 25.6 Å². The van der Waals surface area contributed by atoms with Gasteiger partial charge in [-0.05, 0) is 19.4 Å². The first-order valence-corrected chi connectivity index (χ1v) is 9.05. The summed E-state index contributed by atoms with van der Waals surface area (Å²) < 4.78 is 11.2. The monoisotopic (exact) mass is 393 g/mol. The Bertz CT molecular complexity index is 999. The van der Waals surface area contributed by atoms with Gasteiger partial charge in [-0.25, -0.2) is 14.6 Å². The summed E-state index contributed by atoms with van der Waals surface area (Å²) in [4.78, 5) is 42.8. The van der Waals surface area contributed by atoms with Gasteiger partial charge in [0.1, 0.15) is 15.6 Å². The molecular weight excluding hydrogens is 378 g/mol. The van der Waals surface area contributed by atoms with Crippen molar-refractivity contribution >= 4 is 50.5 Å². The molecule has 0 saturated carbocycles. The van der Waals surface area contributed by atoms with Crippen LogP contribution in [-0.4, -0.2) is 41.5 Å². The lowest BCUT2D eigenvalue weighted by Gasteiger charge is -2.04. The first kappa shape index (κ1) is 18.1. The van der Waals surface area contributed by atoms with Gasteiger partial charge in [0, 0.05) is 17.3 Å². The van der Waals surface area contributed by atoms with Crippen LogP contribution in [0.4, 0.5) is 5.00 Å². The van der Waals surface area contributed by atoms with E-state index >= 15 is 0 Å². The molecule has 136 valence electrons. The minimum atomic E-state index is -0.648. The van der Waals surface area contributed by atoms with Gasteiger partial charge < -0.3 is 14.8 Å². The molecule has 0 aliphatic rings. The van der Waals surface area contributed by atoms with E-state index < -0.39 is 17.8 Å². The molecule has 0 aromatic carbocycles. The summed E-state index contributed by atoms with van der Waals surface area (Å²) in [5, 5.41) is 2.86. The first-order valence-electron chi connectivity index (χ1n) is 7.42. The van der Waals surface area contributed by atoms with Crippen LogP contribution >= 0.6 is 22.7 Å². The highest BCUT2D eigenvalue weighted by Crippen LogP contribution is 2.34. The maximum Gasteiger partial charge on any atom is 0.348 e. The van der Waals surface area contributed by atoms with Gasteiger partial charge in [-0.2, -0.15) is 0 Å². The fraction of sp³-hybridized carbons (Fsp3) is 0.250. The molecule has 3 aromatic heterocycles. The highest BCUT2D eigenvalue weighted by Gasteiger charge is 2.27. The molecule has 1 N–H and O–H groups in total. The maximum absolute atomic E-state index is 12.5. The van der Waals surface area contributed by atoms with Crippen LogP contribution < -0.4 is 5.32 Å². The van der Waals surface area contributed by atoms with Crippen LogP contribution in [0.2, 0.25) is 0 Å². The van der Waals surface area contributed by atoms with E-state index in [1.807, 2.05) is 13.1 Å². The summed E-state index contributed by atoms with van der Waals surface area (Å²) in [5.74, 6) is -1.72. The standard InChI is InChI=1S/C16H15N3O5S2/c1-7-5-19-6-9(17-16(19)25-7)12(20)18-13-10(14(21)23-3)8(2)11(26-13)15(22)24-4/h5-6H,1-4H3,(H,18,20). The molecule has 0 spiro atoms. The number of esters is 2. The average molecular weight is 393 g/mol. The topological polar surface area (TPSA) is 99.0 Å². The number of carbonyl (C=O) groups excluding carboxylic acids is 3. The molecule has 0 bridgehead atoms. The normalized spacial score (nSPS) is 10.8. The zero-order chi connectivity index (χ0) is 19.0. The number of hydrogen-bond donors (Lipinski definition) is 1. The predicted molar refractivity (Wildman–Crippen MR) is 97.5 cm³/mol. The maximum atomic E-state index is 12.5. The summed E-state index contributed by atoms with van der Waals surface area (Å²) in [6, 6.07) is 0. The SMILES string of the molecule is COC(=O)c1sc(NC(=O)c2cn3cc(C)sc3n2)c(C(=O)OC)c1C. The molecule has 26 heavy (non-hydrogen) atoms. The van der Waals surface area contributed by atoms with Crippen molar-refractivity contribution in [3.05, 3.63) is 39.0 Å². The molecule has 8 nitrogen and oxygen atoms in total. The molecule has 0 saturated heterocycles. The van der Waals surface area contributed by atoms with Gasteiger partial charge >= 0.3 is 11.9 Å². The van der Waals surface area contributed by atoms with Crippen molar-refractivity contribution in [2.24, 2.45) is 0 Å². The summed E-state index contributed by atoms with van der Waals surface area (Å²) in [6.45, 7) is 3.55. The Morgan fingerprint density at radius 2 is 1.77 bits per heavy atom. The number of aryl methyl sites for hydroxylation is 1. The minimum Gasteiger partial charge on any atom is -0.465 e. The number of thiophene rings is 1. The molecule has 3 heterocycles. The van der Waals surface area contributed by atoms with Crippen LogP contribution in [-0.2, 0) is 9.47 Å². The highest BCUT2D eigenvalue weighted by atomic mass is 32.1. The summed E-state index contributed by atoms with van der Waals surface area (Å²) in [6.07, 6.45) is 3.47. The highest BCUT2D eigenvalue weighted by molar-refractivity contribution is 7.18. The summed E-state index contributed by atoms with van der Waals surface area (Å²) in [7, 11) is 2.48. The second kappa shape index (κ2) is 6.89. The van der Waals surface area contributed by atoms with Crippen molar-refractivity contribution in [1.29, 1.82) is 0 Å². The molecule has 0 unspecified atom stereocenters. The number of fused-ring (bicyclic) bond motifs is 1. The van der Waals surface area contributed by atoms with Crippen molar-refractivity contribution in [2.45, 2.75) is 13.8 Å². The van der Waals surface area contributed by atoms with E-state index in [-0.39, 0.29) is 21.1 Å². The minimum absolute atomic E-state index is 0.128. The smallest absolute Gasteiger partial charge is 0.348 e. The van der Waals surface area contributed by atoms with E-state index in [2.05, 4.69) is 10.3 Å². The van der Waals surface area contributed by atoms with E-state index in [4.69, 9.17) is 9.47 Å². The molecule has 1 amide bonds. The molecule has 0 atom stereocenters. The van der Waals surface area contributed by atoms with Crippen LogP contribution in [0.15, 0.2) is 12.4 Å². The lowest BCUT2D eigenvalue weighted by Crippen LogP contribution is -2.14. The third-order valence-electron chi connectivity index (χ3n) is 3.64. The van der Waals surface area contributed by atoms with Gasteiger partial charge in [-0.1, -0.05) is 0 Å². The van der Waals surface area contributed by atoms with Gasteiger partial charge in [0.05, 0.1) is 19.8 Å². The van der Waals surface area contributed by atoms with Gasteiger partial charge in [0.15, 0.2) is 4.96 Å². The van der Waals surface area contributed by atoms with Crippen LogP contribution in [0, 0.1) is 13.8 Å². The average Bonchev–Trinajstić information content (AvgIpc) is 3.24. The molecule has 0 radical (unpaired) electrons. The molecule has 0 fully saturated rings. The zero-order valence-corrected chi connectivity index (χ0v) is 16.0. The van der Waals surface area contributed by atoms with Gasteiger partial charge in [0.2, 0.25) is 0 Å². The third-order valence-corrected chi connectivity index (χ3v) is 5.74. The van der Waals surface area contributed by atoms with Gasteiger partial charge in [-0.15, -0.1) is 22.7 Å². The third kappa shape index (κ3) is 3.08. The van der Waals surface area contributed by atoms with Crippen molar-refractivity contribution in [3.63, 3.8) is 0 Å². The van der Waals surface area contributed by atoms with Gasteiger partial charge in [-0.3, -0.25) is 9.20 Å². The second-order valence-electron chi connectivity index (χ2n) is 5.36. The number of nitrogens with one attached hydrogen (secondary N) is 1. The number of thiazole rings is 1. The Hall–Kier alpha value is -2.72. The molecule has 0 aliphatic carbocycles. The van der Waals surface area contributed by atoms with E-state index in [0.717, 1.165) is 16.2 Å². The number of rotatable bonds is 4. The Kier molecular flexibility index (Phi) is 4.79. The van der Waals surface area contributed by atoms with Crippen molar-refractivity contribution in [2.75, 3.05) is 19.5 Å². The molecule has 3 rings (SSSR count). The van der Waals surface area contributed by atoms with E-state index in [1.54, 1.807) is 17.5 Å². The number of amides is 1. The first-order chi connectivity index (χ1) is 12.3. The fourth-order valence-electron chi connectivity index (χ4n) is 2.42. The fourth-order valence-corrected chi connectivity index (χ4v) is 4.34. The Morgan fingerprint density at radius 1 is 1.08 bits per heavy atom. The van der Waals surface area contributed by atoms with Crippen LogP contribution in [0.5, 0.6) is 0 Å². The Balaban J connectivity index is 1.96. The number of imidazole rings is 1. The summed E-state index contributed by atoms with van der Waals surface area (Å²) in [5.41, 5.74) is 0.728. The molecular formula is C16H15N3O5S2. The quantitative estimate of drug-likeness (QED) is 0.684. The van der Waals surface area contributed by atoms with Crippen molar-refractivity contribution in [3.8, 4) is 0 Å². The lowest BCUT2D eigenvalue weighted by molar-refractivity contribution is 0.0601.